The van der Waals surface area contributed by atoms with Gasteiger partial charge in [0.2, 0.25) is 5.88 Å². The molecule has 0 amide bonds. The van der Waals surface area contributed by atoms with Crippen LogP contribution in [0.1, 0.15) is 76.2 Å². The number of H-pyrrole nitrogens is 1. The largest absolute Gasteiger partial charge is 0.471 e. The topological polar surface area (TPSA) is 55.0 Å². The van der Waals surface area contributed by atoms with Gasteiger partial charge in [0.15, 0.2) is 0 Å². The van der Waals surface area contributed by atoms with Gasteiger partial charge < -0.3 is 9.72 Å². The normalized spacial score (nSPS) is 24.3. The lowest BCUT2D eigenvalue weighted by molar-refractivity contribution is -0.0118. The number of aromatic amines is 1. The van der Waals surface area contributed by atoms with Crippen LogP contribution in [-0.2, 0) is 5.41 Å². The summed E-state index contributed by atoms with van der Waals surface area (Å²) >= 11 is 0. The van der Waals surface area contributed by atoms with Crippen molar-refractivity contribution in [3.63, 3.8) is 0 Å². The van der Waals surface area contributed by atoms with Crippen LogP contribution in [-0.4, -0.2) is 15.6 Å². The summed E-state index contributed by atoms with van der Waals surface area (Å²) in [6.07, 6.45) is 4.56. The van der Waals surface area contributed by atoms with Crippen LogP contribution < -0.4 is 10.3 Å². The van der Waals surface area contributed by atoms with Crippen molar-refractivity contribution in [2.75, 3.05) is 0 Å². The number of nitrogens with one attached hydrogen (secondary N) is 1. The highest BCUT2D eigenvalue weighted by atomic mass is 16.5. The highest BCUT2D eigenvalue weighted by molar-refractivity contribution is 5.37. The molecule has 4 nitrogen and oxygen atoms in total. The fourth-order valence-electron chi connectivity index (χ4n) is 4.79. The molecule has 26 heavy (non-hydrogen) atoms. The van der Waals surface area contributed by atoms with Crippen LogP contribution >= 0.6 is 0 Å². The lowest BCUT2D eigenvalue weighted by Gasteiger charge is -2.46. The highest BCUT2D eigenvalue weighted by Gasteiger charge is 2.47. The highest BCUT2D eigenvalue weighted by Crippen LogP contribution is 2.49. The van der Waals surface area contributed by atoms with Gasteiger partial charge in [0.05, 0.1) is 5.56 Å². The standard InChI is InChI=1S/C22H28N2O2/c1-21(2,14-10-6-5-7-11-14)20-23-18(25)17-15-12-8-9-13-16(15)22(3,4)26-19(17)24-20/h5-7,10-11,15-16H,8-9,12-13H2,1-4H3,(H,23,24,25). The molecule has 2 atom stereocenters. The molecule has 0 saturated heterocycles. The number of benzene rings is 1. The van der Waals surface area contributed by atoms with E-state index in [9.17, 15) is 4.79 Å². The second-order valence-corrected chi connectivity index (χ2v) is 8.83. The summed E-state index contributed by atoms with van der Waals surface area (Å²) in [5.74, 6) is 1.85. The number of aromatic nitrogens is 2. The molecule has 4 rings (SSSR count). The van der Waals surface area contributed by atoms with E-state index in [1.54, 1.807) is 0 Å². The van der Waals surface area contributed by atoms with E-state index in [1.807, 2.05) is 18.2 Å². The zero-order valence-electron chi connectivity index (χ0n) is 16.1. The zero-order chi connectivity index (χ0) is 18.5. The van der Waals surface area contributed by atoms with Crippen molar-refractivity contribution >= 4 is 0 Å². The molecule has 4 heteroatoms. The van der Waals surface area contributed by atoms with Crippen molar-refractivity contribution in [2.24, 2.45) is 5.92 Å². The van der Waals surface area contributed by atoms with E-state index in [1.165, 1.54) is 12.8 Å². The van der Waals surface area contributed by atoms with Crippen molar-refractivity contribution in [3.8, 4) is 5.88 Å². The summed E-state index contributed by atoms with van der Waals surface area (Å²) in [6, 6.07) is 10.2. The Bertz CT molecular complexity index is 867. The van der Waals surface area contributed by atoms with Crippen LogP contribution in [0, 0.1) is 5.92 Å². The van der Waals surface area contributed by atoms with Crippen molar-refractivity contribution in [2.45, 2.75) is 70.3 Å². The number of nitrogens with zero attached hydrogens (tertiary/aromatic N) is 1. The lowest BCUT2D eigenvalue weighted by Crippen LogP contribution is -2.48. The van der Waals surface area contributed by atoms with Gasteiger partial charge in [0, 0.05) is 17.3 Å². The predicted octanol–water partition coefficient (Wildman–Crippen LogP) is 4.54. The van der Waals surface area contributed by atoms with Crippen LogP contribution in [0.2, 0.25) is 0 Å². The molecule has 0 spiro atoms. The summed E-state index contributed by atoms with van der Waals surface area (Å²) in [5.41, 5.74) is 1.18. The third-order valence-electron chi connectivity index (χ3n) is 6.40. The Balaban J connectivity index is 1.83. The molecule has 1 aromatic carbocycles. The molecule has 2 aromatic rings. The molecule has 138 valence electrons. The number of hydrogen-bond acceptors (Lipinski definition) is 3. The molecule has 2 unspecified atom stereocenters. The average molecular weight is 352 g/mol. The third kappa shape index (κ3) is 2.67. The minimum absolute atomic E-state index is 0.0265. The van der Waals surface area contributed by atoms with E-state index in [0.29, 0.717) is 17.6 Å². The Hall–Kier alpha value is -2.10. The molecule has 1 aromatic heterocycles. The van der Waals surface area contributed by atoms with Gasteiger partial charge in [0.25, 0.3) is 5.56 Å². The van der Waals surface area contributed by atoms with Crippen LogP contribution in [0.25, 0.3) is 0 Å². The van der Waals surface area contributed by atoms with Crippen LogP contribution in [0.4, 0.5) is 0 Å². The first kappa shape index (κ1) is 17.3. The summed E-state index contributed by atoms with van der Waals surface area (Å²) in [7, 11) is 0. The summed E-state index contributed by atoms with van der Waals surface area (Å²) in [5, 5.41) is 0. The minimum atomic E-state index is -0.396. The lowest BCUT2D eigenvalue weighted by atomic mass is 9.67. The fraction of sp³-hybridized carbons (Fsp3) is 0.545. The Morgan fingerprint density at radius 1 is 1.15 bits per heavy atom. The molecule has 1 aliphatic heterocycles. The monoisotopic (exact) mass is 352 g/mol. The molecular formula is C22H28N2O2. The van der Waals surface area contributed by atoms with Gasteiger partial charge in [-0.2, -0.15) is 4.98 Å². The van der Waals surface area contributed by atoms with Gasteiger partial charge in [-0.1, -0.05) is 43.2 Å². The summed E-state index contributed by atoms with van der Waals surface area (Å²) < 4.78 is 6.31. The van der Waals surface area contributed by atoms with Gasteiger partial charge >= 0.3 is 0 Å². The predicted molar refractivity (Wildman–Crippen MR) is 103 cm³/mol. The molecule has 1 aliphatic carbocycles. The second-order valence-electron chi connectivity index (χ2n) is 8.83. The van der Waals surface area contributed by atoms with Gasteiger partial charge in [-0.05, 0) is 46.1 Å². The maximum atomic E-state index is 13.1. The first-order valence-electron chi connectivity index (χ1n) is 9.70. The van der Waals surface area contributed by atoms with Crippen molar-refractivity contribution in [3.05, 3.63) is 57.6 Å². The number of fused-ring (bicyclic) bond motifs is 3. The van der Waals surface area contributed by atoms with Crippen LogP contribution in [0.5, 0.6) is 5.88 Å². The second kappa shape index (κ2) is 5.97. The Labute approximate surface area is 155 Å². The Kier molecular flexibility index (Phi) is 3.98. The number of rotatable bonds is 2. The van der Waals surface area contributed by atoms with Crippen molar-refractivity contribution in [1.82, 2.24) is 9.97 Å². The summed E-state index contributed by atoms with van der Waals surface area (Å²) in [6.45, 7) is 8.46. The Morgan fingerprint density at radius 2 is 1.85 bits per heavy atom. The molecule has 1 N–H and O–H groups in total. The maximum Gasteiger partial charge on any atom is 0.258 e. The third-order valence-corrected chi connectivity index (χ3v) is 6.40. The van der Waals surface area contributed by atoms with Crippen LogP contribution in [0.3, 0.4) is 0 Å². The first-order chi connectivity index (χ1) is 12.3. The molecule has 2 aliphatic rings. The molecule has 2 heterocycles. The summed E-state index contributed by atoms with van der Waals surface area (Å²) in [4.78, 5) is 21.0. The van der Waals surface area contributed by atoms with E-state index in [4.69, 9.17) is 9.72 Å². The van der Waals surface area contributed by atoms with E-state index >= 15 is 0 Å². The zero-order valence-corrected chi connectivity index (χ0v) is 16.1. The molecular weight excluding hydrogens is 324 g/mol. The van der Waals surface area contributed by atoms with Crippen molar-refractivity contribution < 1.29 is 4.74 Å². The molecule has 0 bridgehead atoms. The number of hydrogen-bond donors (Lipinski definition) is 1. The minimum Gasteiger partial charge on any atom is -0.471 e. The number of ether oxygens (including phenoxy) is 1. The molecule has 1 saturated carbocycles. The average Bonchev–Trinajstić information content (AvgIpc) is 2.61. The van der Waals surface area contributed by atoms with E-state index < -0.39 is 5.41 Å². The van der Waals surface area contributed by atoms with E-state index in [-0.39, 0.29) is 17.1 Å². The molecule has 0 radical (unpaired) electrons. The van der Waals surface area contributed by atoms with Crippen molar-refractivity contribution in [1.29, 1.82) is 0 Å². The van der Waals surface area contributed by atoms with E-state index in [2.05, 4.69) is 44.8 Å². The maximum absolute atomic E-state index is 13.1. The van der Waals surface area contributed by atoms with Gasteiger partial charge in [-0.25, -0.2) is 0 Å². The van der Waals surface area contributed by atoms with Gasteiger partial charge in [-0.3, -0.25) is 4.79 Å². The fourth-order valence-corrected chi connectivity index (χ4v) is 4.79. The van der Waals surface area contributed by atoms with Gasteiger partial charge in [0.1, 0.15) is 11.4 Å². The van der Waals surface area contributed by atoms with E-state index in [0.717, 1.165) is 24.0 Å². The smallest absolute Gasteiger partial charge is 0.258 e. The SMILES string of the molecule is CC(C)(c1ccccc1)c1nc2c(c(=O)[nH]1)C1CCCCC1C(C)(C)O2. The van der Waals surface area contributed by atoms with Crippen LogP contribution in [0.15, 0.2) is 35.1 Å². The quantitative estimate of drug-likeness (QED) is 0.863. The molecule has 1 fully saturated rings. The Morgan fingerprint density at radius 3 is 2.58 bits per heavy atom. The van der Waals surface area contributed by atoms with Gasteiger partial charge in [-0.15, -0.1) is 0 Å². The first-order valence-corrected chi connectivity index (χ1v) is 9.70.